The molecule has 0 aliphatic carbocycles. The van der Waals surface area contributed by atoms with E-state index in [9.17, 15) is 9.00 Å². The van der Waals surface area contributed by atoms with Crippen molar-refractivity contribution in [3.8, 4) is 11.8 Å². The Kier molecular flexibility index (Phi) is 5.54. The van der Waals surface area contributed by atoms with Crippen LogP contribution in [0, 0.1) is 18.8 Å². The maximum absolute atomic E-state index is 12.3. The summed E-state index contributed by atoms with van der Waals surface area (Å²) < 4.78 is 11.3. The second-order valence-corrected chi connectivity index (χ2v) is 6.83. The van der Waals surface area contributed by atoms with Crippen molar-refractivity contribution in [2.45, 2.75) is 25.8 Å². The van der Waals surface area contributed by atoms with Crippen molar-refractivity contribution in [2.75, 3.05) is 18.1 Å². The van der Waals surface area contributed by atoms with E-state index in [0.29, 0.717) is 23.6 Å². The highest BCUT2D eigenvalue weighted by molar-refractivity contribution is 7.85. The molecule has 2 rings (SSSR count). The van der Waals surface area contributed by atoms with E-state index in [0.717, 1.165) is 24.0 Å². The van der Waals surface area contributed by atoms with E-state index in [1.54, 1.807) is 12.1 Å². The van der Waals surface area contributed by atoms with Gasteiger partial charge in [0.15, 0.2) is 0 Å². The first kappa shape index (κ1) is 15.7. The second-order valence-electron chi connectivity index (χ2n) is 5.13. The number of carbonyl (C=O) groups is 1. The van der Waals surface area contributed by atoms with Gasteiger partial charge in [-0.15, -0.1) is 0 Å². The number of nitrogens with one attached hydrogen (secondary N) is 1. The van der Waals surface area contributed by atoms with Crippen LogP contribution in [0.15, 0.2) is 18.2 Å². The van der Waals surface area contributed by atoms with Gasteiger partial charge in [-0.1, -0.05) is 17.9 Å². The highest BCUT2D eigenvalue weighted by atomic mass is 32.2. The lowest BCUT2D eigenvalue weighted by Crippen LogP contribution is -2.39. The minimum atomic E-state index is -0.712. The summed E-state index contributed by atoms with van der Waals surface area (Å²) in [5, 5.41) is 3.01. The summed E-state index contributed by atoms with van der Waals surface area (Å²) in [4.78, 5) is 12.3. The first-order valence-corrected chi connectivity index (χ1v) is 8.54. The van der Waals surface area contributed by atoms with Gasteiger partial charge in [-0.25, -0.2) is 0 Å². The minimum absolute atomic E-state index is 0.0940. The van der Waals surface area contributed by atoms with Crippen molar-refractivity contribution in [2.24, 2.45) is 5.73 Å². The molecule has 1 aliphatic rings. The summed E-state index contributed by atoms with van der Waals surface area (Å²) in [6.45, 7) is 2.26. The molecule has 1 saturated heterocycles. The van der Waals surface area contributed by atoms with Crippen LogP contribution in [0.4, 0.5) is 0 Å². The van der Waals surface area contributed by atoms with Crippen LogP contribution < -0.4 is 11.1 Å². The molecule has 112 valence electrons. The second kappa shape index (κ2) is 7.39. The summed E-state index contributed by atoms with van der Waals surface area (Å²) in [5.74, 6) is 7.04. The highest BCUT2D eigenvalue weighted by Crippen LogP contribution is 2.13. The normalized spacial score (nSPS) is 21.2. The lowest BCUT2D eigenvalue weighted by molar-refractivity contribution is 0.0934. The van der Waals surface area contributed by atoms with Gasteiger partial charge >= 0.3 is 0 Å². The van der Waals surface area contributed by atoms with Crippen LogP contribution >= 0.6 is 0 Å². The Balaban J connectivity index is 2.07. The van der Waals surface area contributed by atoms with Gasteiger partial charge in [0.1, 0.15) is 0 Å². The monoisotopic (exact) mass is 304 g/mol. The predicted octanol–water partition coefficient (Wildman–Crippen LogP) is 0.946. The first-order valence-electron chi connectivity index (χ1n) is 7.05. The molecule has 0 aromatic heterocycles. The van der Waals surface area contributed by atoms with Crippen molar-refractivity contribution in [1.29, 1.82) is 0 Å². The number of hydrogen-bond acceptors (Lipinski definition) is 3. The lowest BCUT2D eigenvalue weighted by Gasteiger charge is -2.22. The maximum atomic E-state index is 12.3. The van der Waals surface area contributed by atoms with Crippen LogP contribution in [0.5, 0.6) is 0 Å². The Morgan fingerprint density at radius 2 is 2.14 bits per heavy atom. The molecule has 1 aromatic rings. The summed E-state index contributed by atoms with van der Waals surface area (Å²) in [6, 6.07) is 5.62. The van der Waals surface area contributed by atoms with E-state index in [4.69, 9.17) is 5.73 Å². The topological polar surface area (TPSA) is 72.2 Å². The number of rotatable bonds is 2. The van der Waals surface area contributed by atoms with E-state index in [1.807, 2.05) is 13.0 Å². The average Bonchev–Trinajstić information content (AvgIpc) is 2.48. The van der Waals surface area contributed by atoms with E-state index in [-0.39, 0.29) is 11.9 Å². The fourth-order valence-corrected chi connectivity index (χ4v) is 3.55. The number of nitrogens with two attached hydrogens (primary N) is 1. The summed E-state index contributed by atoms with van der Waals surface area (Å²) in [5.41, 5.74) is 7.85. The lowest BCUT2D eigenvalue weighted by atomic mass is 10.0. The molecule has 1 aliphatic heterocycles. The van der Waals surface area contributed by atoms with Gasteiger partial charge in [0.25, 0.3) is 5.91 Å². The van der Waals surface area contributed by atoms with Crippen molar-refractivity contribution >= 4 is 16.7 Å². The average molecular weight is 304 g/mol. The highest BCUT2D eigenvalue weighted by Gasteiger charge is 2.20. The fourth-order valence-electron chi connectivity index (χ4n) is 2.25. The Labute approximate surface area is 127 Å². The van der Waals surface area contributed by atoms with E-state index < -0.39 is 10.8 Å². The van der Waals surface area contributed by atoms with Crippen molar-refractivity contribution in [1.82, 2.24) is 5.32 Å². The number of aryl methyl sites for hydroxylation is 1. The van der Waals surface area contributed by atoms with Gasteiger partial charge in [0.05, 0.1) is 6.54 Å². The number of carbonyl (C=O) groups excluding carboxylic acids is 1. The Morgan fingerprint density at radius 3 is 2.81 bits per heavy atom. The van der Waals surface area contributed by atoms with E-state index in [1.165, 1.54) is 0 Å². The van der Waals surface area contributed by atoms with Crippen LogP contribution in [-0.2, 0) is 10.8 Å². The molecule has 0 atom stereocenters. The molecule has 0 bridgehead atoms. The van der Waals surface area contributed by atoms with Gasteiger partial charge in [-0.05, 0) is 37.5 Å². The molecule has 1 fully saturated rings. The zero-order valence-electron chi connectivity index (χ0n) is 12.1. The number of hydrogen-bond donors (Lipinski definition) is 2. The molecular formula is C16H20N2O2S. The molecule has 1 aromatic carbocycles. The third-order valence-electron chi connectivity index (χ3n) is 3.55. The van der Waals surface area contributed by atoms with Crippen molar-refractivity contribution < 1.29 is 9.00 Å². The molecule has 0 saturated carbocycles. The molecule has 0 unspecified atom stereocenters. The standard InChI is InChI=1S/C16H20N2O2S/c1-12-4-5-14(11-13(12)3-2-8-17)16(19)18-15-6-9-21(20)10-7-15/h4-5,11,15H,6-10,17H2,1H3,(H,18,19). The molecule has 5 heteroatoms. The molecule has 21 heavy (non-hydrogen) atoms. The zero-order valence-corrected chi connectivity index (χ0v) is 13.0. The Bertz CT molecular complexity index is 606. The van der Waals surface area contributed by atoms with Crippen LogP contribution in [0.25, 0.3) is 0 Å². The molecular weight excluding hydrogens is 284 g/mol. The van der Waals surface area contributed by atoms with Gasteiger partial charge in [-0.2, -0.15) is 0 Å². The van der Waals surface area contributed by atoms with Crippen LogP contribution in [0.2, 0.25) is 0 Å². The quantitative estimate of drug-likeness (QED) is 0.799. The molecule has 1 amide bonds. The Hall–Kier alpha value is -1.64. The molecule has 4 nitrogen and oxygen atoms in total. The van der Waals surface area contributed by atoms with E-state index >= 15 is 0 Å². The third kappa shape index (κ3) is 4.42. The summed E-state index contributed by atoms with van der Waals surface area (Å²) in [6.07, 6.45) is 1.56. The Morgan fingerprint density at radius 1 is 1.43 bits per heavy atom. The van der Waals surface area contributed by atoms with Crippen LogP contribution in [0.3, 0.4) is 0 Å². The predicted molar refractivity (Wildman–Crippen MR) is 85.5 cm³/mol. The smallest absolute Gasteiger partial charge is 0.251 e. The van der Waals surface area contributed by atoms with Gasteiger partial charge < -0.3 is 11.1 Å². The SMILES string of the molecule is Cc1ccc(C(=O)NC2CCS(=O)CC2)cc1C#CCN. The summed E-state index contributed by atoms with van der Waals surface area (Å²) >= 11 is 0. The maximum Gasteiger partial charge on any atom is 0.251 e. The number of benzene rings is 1. The minimum Gasteiger partial charge on any atom is -0.349 e. The largest absolute Gasteiger partial charge is 0.349 e. The first-order chi connectivity index (χ1) is 10.1. The fraction of sp³-hybridized carbons (Fsp3) is 0.438. The van der Waals surface area contributed by atoms with Gasteiger partial charge in [0, 0.05) is 39.5 Å². The molecule has 1 heterocycles. The van der Waals surface area contributed by atoms with Crippen molar-refractivity contribution in [3.05, 3.63) is 34.9 Å². The van der Waals surface area contributed by atoms with Crippen molar-refractivity contribution in [3.63, 3.8) is 0 Å². The van der Waals surface area contributed by atoms with Crippen LogP contribution in [0.1, 0.15) is 34.3 Å². The van der Waals surface area contributed by atoms with E-state index in [2.05, 4.69) is 17.2 Å². The van der Waals surface area contributed by atoms with Gasteiger partial charge in [-0.3, -0.25) is 9.00 Å². The molecule has 3 N–H and O–H groups in total. The third-order valence-corrected chi connectivity index (χ3v) is 4.93. The molecule has 0 radical (unpaired) electrons. The zero-order chi connectivity index (χ0) is 15.2. The van der Waals surface area contributed by atoms with Gasteiger partial charge in [0.2, 0.25) is 0 Å². The molecule has 0 spiro atoms. The number of amides is 1. The summed E-state index contributed by atoms with van der Waals surface area (Å²) in [7, 11) is -0.712. The van der Waals surface area contributed by atoms with Crippen LogP contribution in [-0.4, -0.2) is 34.2 Å².